The average molecular weight is 388 g/mol. The number of benzene rings is 2. The maximum atomic E-state index is 12.3. The smallest absolute Gasteiger partial charge is 0.308 e. The summed E-state index contributed by atoms with van der Waals surface area (Å²) in [4.78, 5) is 36.1. The maximum Gasteiger partial charge on any atom is 0.308 e. The van der Waals surface area contributed by atoms with E-state index in [4.69, 9.17) is 16.3 Å². The van der Waals surface area contributed by atoms with Gasteiger partial charge in [0, 0.05) is 22.7 Å². The average Bonchev–Trinajstić information content (AvgIpc) is 2.59. The van der Waals surface area contributed by atoms with Gasteiger partial charge in [-0.1, -0.05) is 29.3 Å². The molecule has 2 rings (SSSR count). The Kier molecular flexibility index (Phi) is 7.13. The SMILES string of the molecule is Cc1cc(C)c(C(=O)COC(=O)CCNC(=O)c2ccc(Cl)cc2)c(C)c1. The topological polar surface area (TPSA) is 72.5 Å². The summed E-state index contributed by atoms with van der Waals surface area (Å²) in [6, 6.07) is 10.3. The highest BCUT2D eigenvalue weighted by Gasteiger charge is 2.15. The molecule has 0 spiro atoms. The molecule has 1 amide bonds. The molecule has 5 nitrogen and oxygen atoms in total. The molecule has 0 aromatic heterocycles. The number of carbonyl (C=O) groups excluding carboxylic acids is 3. The van der Waals surface area contributed by atoms with Crippen LogP contribution in [0.3, 0.4) is 0 Å². The lowest BCUT2D eigenvalue weighted by Gasteiger charge is -2.11. The molecule has 0 unspecified atom stereocenters. The predicted octanol–water partition coefficient (Wildman–Crippen LogP) is 3.81. The van der Waals surface area contributed by atoms with Gasteiger partial charge in [0.1, 0.15) is 0 Å². The Balaban J connectivity index is 1.78. The lowest BCUT2D eigenvalue weighted by atomic mass is 9.97. The number of nitrogens with one attached hydrogen (secondary N) is 1. The third kappa shape index (κ3) is 5.93. The maximum absolute atomic E-state index is 12.3. The van der Waals surface area contributed by atoms with Crippen LogP contribution in [0.4, 0.5) is 0 Å². The summed E-state index contributed by atoms with van der Waals surface area (Å²) in [6.07, 6.45) is -0.0154. The Labute approximate surface area is 163 Å². The second-order valence-electron chi connectivity index (χ2n) is 6.37. The molecule has 0 atom stereocenters. The van der Waals surface area contributed by atoms with E-state index < -0.39 is 5.97 Å². The van der Waals surface area contributed by atoms with Gasteiger partial charge in [0.15, 0.2) is 6.61 Å². The van der Waals surface area contributed by atoms with Crippen LogP contribution in [-0.2, 0) is 9.53 Å². The fourth-order valence-electron chi connectivity index (χ4n) is 2.89. The van der Waals surface area contributed by atoms with Crippen molar-refractivity contribution >= 4 is 29.3 Å². The van der Waals surface area contributed by atoms with E-state index in [0.29, 0.717) is 16.1 Å². The van der Waals surface area contributed by atoms with Crippen LogP contribution >= 0.6 is 11.6 Å². The van der Waals surface area contributed by atoms with Gasteiger partial charge in [-0.2, -0.15) is 0 Å². The molecule has 1 N–H and O–H groups in total. The quantitative estimate of drug-likeness (QED) is 0.579. The number of halogens is 1. The van der Waals surface area contributed by atoms with Crippen LogP contribution in [0.2, 0.25) is 5.02 Å². The van der Waals surface area contributed by atoms with Crippen molar-refractivity contribution in [3.63, 3.8) is 0 Å². The van der Waals surface area contributed by atoms with Crippen LogP contribution in [0.25, 0.3) is 0 Å². The molecule has 0 heterocycles. The first-order valence-electron chi connectivity index (χ1n) is 8.58. The molecule has 27 heavy (non-hydrogen) atoms. The molecule has 2 aromatic rings. The lowest BCUT2D eigenvalue weighted by Crippen LogP contribution is -2.27. The Hall–Kier alpha value is -2.66. The van der Waals surface area contributed by atoms with Gasteiger partial charge in [0.2, 0.25) is 5.78 Å². The molecular formula is C21H22ClNO4. The van der Waals surface area contributed by atoms with Crippen molar-refractivity contribution in [2.45, 2.75) is 27.2 Å². The van der Waals surface area contributed by atoms with Gasteiger partial charge >= 0.3 is 5.97 Å². The van der Waals surface area contributed by atoms with E-state index >= 15 is 0 Å². The molecule has 0 saturated heterocycles. The molecule has 0 aliphatic carbocycles. The summed E-state index contributed by atoms with van der Waals surface area (Å²) in [5, 5.41) is 3.17. The van der Waals surface area contributed by atoms with E-state index in [0.717, 1.165) is 16.7 Å². The second-order valence-corrected chi connectivity index (χ2v) is 6.81. The number of esters is 1. The van der Waals surface area contributed by atoms with Gasteiger partial charge in [0.25, 0.3) is 5.91 Å². The summed E-state index contributed by atoms with van der Waals surface area (Å²) < 4.78 is 5.04. The molecule has 0 aliphatic heterocycles. The van der Waals surface area contributed by atoms with Crippen molar-refractivity contribution in [1.82, 2.24) is 5.32 Å². The molecule has 6 heteroatoms. The Morgan fingerprint density at radius 3 is 2.19 bits per heavy atom. The Bertz CT molecular complexity index is 836. The molecule has 142 valence electrons. The zero-order valence-electron chi connectivity index (χ0n) is 15.6. The standard InChI is InChI=1S/C21H22ClNO4/c1-13-10-14(2)20(15(3)11-13)18(24)12-27-19(25)8-9-23-21(26)16-4-6-17(22)7-5-16/h4-7,10-11H,8-9,12H2,1-3H3,(H,23,26). The van der Waals surface area contributed by atoms with Gasteiger partial charge < -0.3 is 10.1 Å². The zero-order chi connectivity index (χ0) is 20.0. The van der Waals surface area contributed by atoms with Crippen LogP contribution in [0.1, 0.15) is 43.8 Å². The van der Waals surface area contributed by atoms with Crippen LogP contribution < -0.4 is 5.32 Å². The molecule has 0 bridgehead atoms. The van der Waals surface area contributed by atoms with Crippen molar-refractivity contribution in [1.29, 1.82) is 0 Å². The number of ketones is 1. The fraction of sp³-hybridized carbons (Fsp3) is 0.286. The van der Waals surface area contributed by atoms with Gasteiger partial charge in [-0.05, 0) is 56.2 Å². The van der Waals surface area contributed by atoms with Crippen LogP contribution in [0, 0.1) is 20.8 Å². The molecule has 0 saturated carbocycles. The third-order valence-electron chi connectivity index (χ3n) is 4.04. The van der Waals surface area contributed by atoms with Crippen LogP contribution in [0.15, 0.2) is 36.4 Å². The van der Waals surface area contributed by atoms with E-state index in [1.807, 2.05) is 32.9 Å². The highest BCUT2D eigenvalue weighted by atomic mass is 35.5. The van der Waals surface area contributed by atoms with Crippen molar-refractivity contribution in [2.24, 2.45) is 0 Å². The van der Waals surface area contributed by atoms with E-state index in [2.05, 4.69) is 5.32 Å². The molecule has 0 aliphatic rings. The number of aryl methyl sites for hydroxylation is 3. The summed E-state index contributed by atoms with van der Waals surface area (Å²) in [5.74, 6) is -1.08. The van der Waals surface area contributed by atoms with Crippen molar-refractivity contribution in [3.8, 4) is 0 Å². The highest BCUT2D eigenvalue weighted by molar-refractivity contribution is 6.30. The zero-order valence-corrected chi connectivity index (χ0v) is 16.4. The lowest BCUT2D eigenvalue weighted by molar-refractivity contribution is -0.142. The number of rotatable bonds is 7. The summed E-state index contributed by atoms with van der Waals surface area (Å²) in [5.41, 5.74) is 3.85. The third-order valence-corrected chi connectivity index (χ3v) is 4.29. The first-order chi connectivity index (χ1) is 12.8. The van der Waals surface area contributed by atoms with E-state index in [1.165, 1.54) is 0 Å². The second kappa shape index (κ2) is 9.33. The number of Topliss-reactive ketones (excluding diaryl/α,β-unsaturated/α-hetero) is 1. The molecule has 2 aromatic carbocycles. The van der Waals surface area contributed by atoms with Crippen molar-refractivity contribution in [3.05, 3.63) is 69.2 Å². The van der Waals surface area contributed by atoms with E-state index in [9.17, 15) is 14.4 Å². The first-order valence-corrected chi connectivity index (χ1v) is 8.96. The summed E-state index contributed by atoms with van der Waals surface area (Å²) in [6.45, 7) is 5.50. The normalized spacial score (nSPS) is 10.4. The fourth-order valence-corrected chi connectivity index (χ4v) is 3.02. The Morgan fingerprint density at radius 2 is 1.59 bits per heavy atom. The van der Waals surface area contributed by atoms with Gasteiger partial charge in [-0.15, -0.1) is 0 Å². The predicted molar refractivity (Wildman–Crippen MR) is 104 cm³/mol. The van der Waals surface area contributed by atoms with Crippen LogP contribution in [0.5, 0.6) is 0 Å². The summed E-state index contributed by atoms with van der Waals surface area (Å²) >= 11 is 5.77. The number of amides is 1. The van der Waals surface area contributed by atoms with Crippen molar-refractivity contribution < 1.29 is 19.1 Å². The minimum Gasteiger partial charge on any atom is -0.457 e. The highest BCUT2D eigenvalue weighted by Crippen LogP contribution is 2.17. The van der Waals surface area contributed by atoms with Gasteiger partial charge in [-0.3, -0.25) is 14.4 Å². The molecule has 0 fully saturated rings. The monoisotopic (exact) mass is 387 g/mol. The van der Waals surface area contributed by atoms with Crippen LogP contribution in [-0.4, -0.2) is 30.8 Å². The number of hydrogen-bond donors (Lipinski definition) is 1. The molecule has 0 radical (unpaired) electrons. The van der Waals surface area contributed by atoms with Crippen molar-refractivity contribution in [2.75, 3.05) is 13.2 Å². The number of carbonyl (C=O) groups is 3. The largest absolute Gasteiger partial charge is 0.457 e. The number of hydrogen-bond acceptors (Lipinski definition) is 4. The van der Waals surface area contributed by atoms with E-state index in [1.54, 1.807) is 24.3 Å². The van der Waals surface area contributed by atoms with Gasteiger partial charge in [-0.25, -0.2) is 0 Å². The van der Waals surface area contributed by atoms with Gasteiger partial charge in [0.05, 0.1) is 6.42 Å². The minimum atomic E-state index is -0.540. The molecular weight excluding hydrogens is 366 g/mol. The number of ether oxygens (including phenoxy) is 1. The summed E-state index contributed by atoms with van der Waals surface area (Å²) in [7, 11) is 0. The minimum absolute atomic E-state index is 0.0154. The Morgan fingerprint density at radius 1 is 1.00 bits per heavy atom. The first kappa shape index (κ1) is 20.6. The van der Waals surface area contributed by atoms with E-state index in [-0.39, 0.29) is 31.3 Å².